The van der Waals surface area contributed by atoms with Crippen LogP contribution >= 0.6 is 12.4 Å². The third-order valence-corrected chi connectivity index (χ3v) is 6.93. The largest absolute Gasteiger partial charge is 0.443 e. The lowest BCUT2D eigenvalue weighted by Crippen LogP contribution is -2.34. The number of fused-ring (bicyclic) bond motifs is 1. The Morgan fingerprint density at radius 2 is 1.78 bits per heavy atom. The summed E-state index contributed by atoms with van der Waals surface area (Å²) in [6, 6.07) is 3.86. The van der Waals surface area contributed by atoms with E-state index in [0.29, 0.717) is 23.3 Å². The Morgan fingerprint density at radius 1 is 1.08 bits per heavy atom. The summed E-state index contributed by atoms with van der Waals surface area (Å²) in [6.07, 6.45) is 11.7. The van der Waals surface area contributed by atoms with Crippen LogP contribution in [0.25, 0.3) is 17.2 Å². The van der Waals surface area contributed by atoms with E-state index in [0.717, 1.165) is 62.4 Å². The van der Waals surface area contributed by atoms with Crippen molar-refractivity contribution in [1.29, 1.82) is 0 Å². The Labute approximate surface area is 221 Å². The average molecular weight is 516 g/mol. The number of rotatable bonds is 12. The molecule has 0 bridgehead atoms. The highest BCUT2D eigenvalue weighted by molar-refractivity contribution is 5.94. The average Bonchev–Trinajstić information content (AvgIpc) is 3.59. The molecule has 0 unspecified atom stereocenters. The van der Waals surface area contributed by atoms with E-state index in [1.165, 1.54) is 25.9 Å². The second-order valence-corrected chi connectivity index (χ2v) is 10.7. The molecular weight excluding hydrogens is 474 g/mol. The number of likely N-dealkylation sites (tertiary alicyclic amines) is 1. The van der Waals surface area contributed by atoms with Gasteiger partial charge in [0, 0.05) is 19.3 Å². The molecule has 3 aromatic heterocycles. The van der Waals surface area contributed by atoms with Crippen LogP contribution in [0.4, 0.5) is 0 Å². The van der Waals surface area contributed by atoms with Crippen molar-refractivity contribution in [2.75, 3.05) is 32.7 Å². The molecule has 0 saturated carbocycles. The van der Waals surface area contributed by atoms with Crippen molar-refractivity contribution >= 4 is 24.0 Å². The van der Waals surface area contributed by atoms with Crippen molar-refractivity contribution < 1.29 is 9.21 Å². The second kappa shape index (κ2) is 13.2. The van der Waals surface area contributed by atoms with Crippen LogP contribution in [0, 0.1) is 11.8 Å². The van der Waals surface area contributed by atoms with E-state index >= 15 is 0 Å². The third-order valence-electron chi connectivity index (χ3n) is 6.93. The zero-order valence-corrected chi connectivity index (χ0v) is 23.1. The molecule has 1 saturated heterocycles. The van der Waals surface area contributed by atoms with E-state index in [2.05, 4.69) is 42.0 Å². The second-order valence-electron chi connectivity index (χ2n) is 10.7. The maximum Gasteiger partial charge on any atom is 0.255 e. The van der Waals surface area contributed by atoms with Crippen molar-refractivity contribution in [3.05, 3.63) is 42.0 Å². The molecule has 3 aromatic rings. The van der Waals surface area contributed by atoms with Gasteiger partial charge < -0.3 is 18.6 Å². The quantitative estimate of drug-likeness (QED) is 0.297. The molecular formula is C28H42ClN5O2. The molecule has 0 aliphatic carbocycles. The van der Waals surface area contributed by atoms with Crippen LogP contribution in [-0.4, -0.2) is 62.8 Å². The minimum absolute atomic E-state index is 0. The first-order chi connectivity index (χ1) is 16.9. The minimum Gasteiger partial charge on any atom is -0.443 e. The zero-order chi connectivity index (χ0) is 24.8. The van der Waals surface area contributed by atoms with Crippen LogP contribution in [0.5, 0.6) is 0 Å². The fraction of sp³-hybridized carbons (Fsp3) is 0.607. The predicted octanol–water partition coefficient (Wildman–Crippen LogP) is 5.97. The van der Waals surface area contributed by atoms with E-state index < -0.39 is 0 Å². The predicted molar refractivity (Wildman–Crippen MR) is 147 cm³/mol. The minimum atomic E-state index is 0. The van der Waals surface area contributed by atoms with Crippen LogP contribution in [0.2, 0.25) is 0 Å². The van der Waals surface area contributed by atoms with Gasteiger partial charge in [0.2, 0.25) is 5.89 Å². The van der Waals surface area contributed by atoms with Gasteiger partial charge in [-0.3, -0.25) is 4.79 Å². The van der Waals surface area contributed by atoms with Crippen LogP contribution in [0.15, 0.2) is 35.2 Å². The number of imidazole rings is 1. The van der Waals surface area contributed by atoms with E-state index in [1.807, 2.05) is 23.2 Å². The normalized spacial score (nSPS) is 14.2. The van der Waals surface area contributed by atoms with Gasteiger partial charge in [-0.1, -0.05) is 27.7 Å². The van der Waals surface area contributed by atoms with Gasteiger partial charge in [0.15, 0.2) is 0 Å². The van der Waals surface area contributed by atoms with Crippen LogP contribution in [0.3, 0.4) is 0 Å². The van der Waals surface area contributed by atoms with E-state index in [-0.39, 0.29) is 18.3 Å². The molecule has 1 amide bonds. The summed E-state index contributed by atoms with van der Waals surface area (Å²) < 4.78 is 7.70. The van der Waals surface area contributed by atoms with Crippen LogP contribution in [0.1, 0.15) is 75.9 Å². The Balaban J connectivity index is 0.00000361. The molecule has 1 fully saturated rings. The summed E-state index contributed by atoms with van der Waals surface area (Å²) in [4.78, 5) is 27.4. The lowest BCUT2D eigenvalue weighted by atomic mass is 10.1. The highest BCUT2D eigenvalue weighted by Gasteiger charge is 2.21. The maximum absolute atomic E-state index is 13.6. The first-order valence-corrected chi connectivity index (χ1v) is 13.3. The van der Waals surface area contributed by atoms with Crippen LogP contribution < -0.4 is 0 Å². The summed E-state index contributed by atoms with van der Waals surface area (Å²) in [5.74, 6) is 1.76. The molecule has 0 N–H and O–H groups in total. The summed E-state index contributed by atoms with van der Waals surface area (Å²) in [5.41, 5.74) is 3.37. The topological polar surface area (TPSA) is 66.9 Å². The first-order valence-electron chi connectivity index (χ1n) is 13.3. The standard InChI is InChI=1S/C28H41N5O2.ClH/c1-21(2)11-17-32(18-12-22(3)4)28(34)23-9-10-25-30-26(27-29-13-19-35-27)24(33(25)20-23)8-7-16-31-14-5-6-15-31;/h9-10,13,19-22H,5-8,11-12,14-18H2,1-4H3;1H. The van der Waals surface area contributed by atoms with Gasteiger partial charge in [-0.2, -0.15) is 0 Å². The van der Waals surface area contributed by atoms with E-state index in [9.17, 15) is 4.79 Å². The summed E-state index contributed by atoms with van der Waals surface area (Å²) in [7, 11) is 0. The number of oxazole rings is 1. The highest BCUT2D eigenvalue weighted by Crippen LogP contribution is 2.26. The van der Waals surface area contributed by atoms with Gasteiger partial charge in [0.05, 0.1) is 17.5 Å². The van der Waals surface area contributed by atoms with Gasteiger partial charge in [-0.25, -0.2) is 9.97 Å². The fourth-order valence-corrected chi connectivity index (χ4v) is 4.77. The van der Waals surface area contributed by atoms with Crippen molar-refractivity contribution in [1.82, 2.24) is 24.2 Å². The Hall–Kier alpha value is -2.38. The zero-order valence-electron chi connectivity index (χ0n) is 22.3. The molecule has 1 aliphatic rings. The number of hydrogen-bond donors (Lipinski definition) is 0. The molecule has 8 heteroatoms. The molecule has 4 heterocycles. The van der Waals surface area contributed by atoms with Gasteiger partial charge in [-0.15, -0.1) is 12.4 Å². The molecule has 36 heavy (non-hydrogen) atoms. The number of pyridine rings is 1. The number of aromatic nitrogens is 3. The van der Waals surface area contributed by atoms with Gasteiger partial charge in [0.25, 0.3) is 5.91 Å². The van der Waals surface area contributed by atoms with Crippen molar-refractivity contribution in [2.45, 2.75) is 66.2 Å². The first kappa shape index (κ1) is 28.2. The highest BCUT2D eigenvalue weighted by atomic mass is 35.5. The number of carbonyl (C=O) groups excluding carboxylic acids is 1. The number of hydrogen-bond acceptors (Lipinski definition) is 5. The molecule has 0 radical (unpaired) electrons. The van der Waals surface area contributed by atoms with Crippen molar-refractivity contribution in [3.8, 4) is 11.6 Å². The van der Waals surface area contributed by atoms with E-state index in [4.69, 9.17) is 9.40 Å². The lowest BCUT2D eigenvalue weighted by Gasteiger charge is -2.24. The fourth-order valence-electron chi connectivity index (χ4n) is 4.77. The third kappa shape index (κ3) is 7.10. The van der Waals surface area contributed by atoms with Gasteiger partial charge in [0.1, 0.15) is 17.6 Å². The number of nitrogens with zero attached hydrogens (tertiary/aromatic N) is 5. The molecule has 0 atom stereocenters. The molecule has 4 rings (SSSR count). The number of carbonyl (C=O) groups is 1. The summed E-state index contributed by atoms with van der Waals surface area (Å²) in [5, 5.41) is 0. The Kier molecular flexibility index (Phi) is 10.4. The molecule has 7 nitrogen and oxygen atoms in total. The summed E-state index contributed by atoms with van der Waals surface area (Å²) >= 11 is 0. The number of aryl methyl sites for hydroxylation is 1. The van der Waals surface area contributed by atoms with Crippen LogP contribution in [-0.2, 0) is 6.42 Å². The maximum atomic E-state index is 13.6. The Morgan fingerprint density at radius 3 is 2.39 bits per heavy atom. The van der Waals surface area contributed by atoms with Gasteiger partial charge >= 0.3 is 0 Å². The van der Waals surface area contributed by atoms with E-state index in [1.54, 1.807) is 12.5 Å². The Bertz CT molecular complexity index is 1080. The lowest BCUT2D eigenvalue weighted by molar-refractivity contribution is 0.0740. The smallest absolute Gasteiger partial charge is 0.255 e. The number of halogens is 1. The monoisotopic (exact) mass is 515 g/mol. The number of amides is 1. The summed E-state index contributed by atoms with van der Waals surface area (Å²) in [6.45, 7) is 13.9. The molecule has 0 aromatic carbocycles. The van der Waals surface area contributed by atoms with Crippen molar-refractivity contribution in [2.24, 2.45) is 11.8 Å². The SMILES string of the molecule is CC(C)CCN(CCC(C)C)C(=O)c1ccc2nc(-c3ncco3)c(CCCN3CCCC3)n2c1.Cl. The molecule has 198 valence electrons. The molecule has 0 spiro atoms. The molecule has 1 aliphatic heterocycles. The van der Waals surface area contributed by atoms with Gasteiger partial charge in [-0.05, 0) is 82.1 Å². The van der Waals surface area contributed by atoms with Crippen molar-refractivity contribution in [3.63, 3.8) is 0 Å².